The van der Waals surface area contributed by atoms with E-state index in [4.69, 9.17) is 33.2 Å². The van der Waals surface area contributed by atoms with Gasteiger partial charge >= 0.3 is 12.1 Å². The molecule has 0 aliphatic heterocycles. The molecule has 0 atom stereocenters. The first kappa shape index (κ1) is 65.8. The predicted molar refractivity (Wildman–Crippen MR) is 290 cm³/mol. The second-order valence-electron chi connectivity index (χ2n) is 17.0. The molecule has 10 nitrogen and oxygen atoms in total. The summed E-state index contributed by atoms with van der Waals surface area (Å²) in [6, 6.07) is 35.0. The zero-order valence-electron chi connectivity index (χ0n) is 44.3. The molecule has 75 heavy (non-hydrogen) atoms. The van der Waals surface area contributed by atoms with Crippen LogP contribution in [-0.4, -0.2) is 103 Å². The minimum absolute atomic E-state index is 0.111. The van der Waals surface area contributed by atoms with Crippen molar-refractivity contribution in [2.24, 2.45) is 0 Å². The van der Waals surface area contributed by atoms with Crippen LogP contribution in [0.1, 0.15) is 45.7 Å². The summed E-state index contributed by atoms with van der Waals surface area (Å²) < 4.78 is 105. The van der Waals surface area contributed by atoms with E-state index in [1.807, 2.05) is 149 Å². The molecule has 0 N–H and O–H groups in total. The molecule has 0 aromatic heterocycles. The largest absolute Gasteiger partial charge is 0.462 e. The highest BCUT2D eigenvalue weighted by Crippen LogP contribution is 2.31. The van der Waals surface area contributed by atoms with Gasteiger partial charge in [-0.05, 0) is 129 Å². The van der Waals surface area contributed by atoms with Crippen LogP contribution >= 0.6 is 23.2 Å². The molecule has 0 saturated heterocycles. The summed E-state index contributed by atoms with van der Waals surface area (Å²) >= 11 is 11.6. The number of ketones is 1. The molecule has 0 fully saturated rings. The number of alkyl halides is 3. The molecule has 0 saturated carbocycles. The zero-order valence-corrected chi connectivity index (χ0v) is 45.8. The summed E-state index contributed by atoms with van der Waals surface area (Å²) in [5, 5.41) is 9.84. The van der Waals surface area contributed by atoms with E-state index < -0.39 is 46.5 Å². The third kappa shape index (κ3) is 22.4. The molecule has 0 spiro atoms. The Morgan fingerprint density at radius 2 is 0.813 bits per heavy atom. The molecule has 0 unspecified atom stereocenters. The van der Waals surface area contributed by atoms with Crippen LogP contribution in [0.15, 0.2) is 115 Å². The van der Waals surface area contributed by atoms with E-state index >= 15 is 0 Å². The number of rotatable bonds is 9. The minimum Gasteiger partial charge on any atom is -0.462 e. The highest BCUT2D eigenvalue weighted by molar-refractivity contribution is 6.35. The number of ether oxygens (including phenoxy) is 1. The van der Waals surface area contributed by atoms with E-state index in [1.165, 1.54) is 26.2 Å². The lowest BCUT2D eigenvalue weighted by Crippen LogP contribution is -2.16. The van der Waals surface area contributed by atoms with Crippen LogP contribution in [-0.2, 0) is 10.9 Å². The molecular weight excluding hydrogens is 1030 g/mol. The molecule has 6 aromatic carbocycles. The van der Waals surface area contributed by atoms with Crippen LogP contribution in [0.5, 0.6) is 0 Å². The predicted octanol–water partition coefficient (Wildman–Crippen LogP) is 13.8. The number of nitrogens with zero attached hydrogens (tertiary/aromatic N) is 7. The van der Waals surface area contributed by atoms with Crippen molar-refractivity contribution in [3.8, 4) is 6.07 Å². The number of carbonyl (C=O) groups excluding carboxylic acids is 2. The molecule has 0 heterocycles. The van der Waals surface area contributed by atoms with E-state index in [0.29, 0.717) is 27.8 Å². The maximum atomic E-state index is 12.9. The number of halogens is 10. The van der Waals surface area contributed by atoms with Gasteiger partial charge in [-0.2, -0.15) is 18.4 Å². The first-order valence-corrected chi connectivity index (χ1v) is 23.2. The smallest absolute Gasteiger partial charge is 0.416 e. The first-order chi connectivity index (χ1) is 34.9. The monoisotopic (exact) mass is 1090 g/mol. The lowest BCUT2D eigenvalue weighted by Gasteiger charge is -2.15. The second kappa shape index (κ2) is 31.5. The Balaban J connectivity index is 0.000000451. The van der Waals surface area contributed by atoms with Gasteiger partial charge < -0.3 is 34.1 Å². The van der Waals surface area contributed by atoms with Crippen molar-refractivity contribution in [3.05, 3.63) is 177 Å². The van der Waals surface area contributed by atoms with Gasteiger partial charge in [0.1, 0.15) is 5.69 Å². The summed E-state index contributed by atoms with van der Waals surface area (Å²) in [6.07, 6.45) is -4.25. The van der Waals surface area contributed by atoms with Crippen LogP contribution in [0.2, 0.25) is 10.0 Å². The lowest BCUT2D eigenvalue weighted by atomic mass is 10.1. The van der Waals surface area contributed by atoms with Crippen LogP contribution in [0.4, 0.5) is 69.2 Å². The van der Waals surface area contributed by atoms with E-state index in [2.05, 4.69) is 6.07 Å². The summed E-state index contributed by atoms with van der Waals surface area (Å²) in [6.45, 7) is 3.78. The number of Topliss-reactive ketones (excluding diaryl/α,β-unsaturated/α-hetero) is 1. The molecule has 0 aliphatic rings. The zero-order chi connectivity index (χ0) is 57.5. The van der Waals surface area contributed by atoms with Crippen LogP contribution < -0.4 is 29.4 Å². The molecule has 6 rings (SSSR count). The van der Waals surface area contributed by atoms with Crippen molar-refractivity contribution < 1.29 is 49.4 Å². The fraction of sp³-hybridized carbons (Fsp3) is 0.291. The number of anilines is 6. The average Bonchev–Trinajstić information content (AvgIpc) is 3.35. The van der Waals surface area contributed by atoms with E-state index in [0.717, 1.165) is 51.0 Å². The van der Waals surface area contributed by atoms with Crippen molar-refractivity contribution in [1.29, 1.82) is 5.26 Å². The van der Waals surface area contributed by atoms with Crippen LogP contribution in [0.25, 0.3) is 0 Å². The highest BCUT2D eigenvalue weighted by Gasteiger charge is 2.30. The quantitative estimate of drug-likeness (QED) is 0.0459. The van der Waals surface area contributed by atoms with Crippen LogP contribution in [0.3, 0.4) is 0 Å². The Labute approximate surface area is 445 Å². The summed E-state index contributed by atoms with van der Waals surface area (Å²) in [4.78, 5) is 32.7. The van der Waals surface area contributed by atoms with Gasteiger partial charge in [0.25, 0.3) is 0 Å². The van der Waals surface area contributed by atoms with E-state index in [9.17, 15) is 44.7 Å². The fourth-order valence-corrected chi connectivity index (χ4v) is 6.18. The summed E-state index contributed by atoms with van der Waals surface area (Å²) in [5.41, 5.74) is 5.57. The van der Waals surface area contributed by atoms with Gasteiger partial charge in [-0.25, -0.2) is 26.7 Å². The second-order valence-corrected chi connectivity index (χ2v) is 17.9. The minimum atomic E-state index is -4.25. The first-order valence-electron chi connectivity index (χ1n) is 22.4. The number of nitriles is 1. The van der Waals surface area contributed by atoms with E-state index in [1.54, 1.807) is 51.0 Å². The number of carbonyl (C=O) groups is 2. The molecule has 0 aliphatic carbocycles. The molecule has 20 heteroatoms. The molecular formula is C55H63Cl2F8N7O3. The standard InChI is InChI=1S/C11H15NO2.C10H13NO.C9H10F3N.C9H10N2.C8H9Cl2N.C8H6F5N/c1-4-14-11(13)9-5-7-10(8-6-9)12(2)3;1-8(12)9-4-6-10(7-5-9)11(2)3;1-13(2)8-5-3-7(4-6-8)9(10,11)12;1-11(2)9-5-3-8(7-10)4-6-9;1-11(2)8-4-6(9)3-7(10)5-8;1-14(2)8-6(12)4(10)3(9)5(11)7(8)13/h5-8H,4H2,1-3H3;4-7H,1-3H3;3-6H,1-2H3;3-6H,1-2H3;3-5H,1-2H3;1-2H3. The summed E-state index contributed by atoms with van der Waals surface area (Å²) in [5.74, 6) is -9.83. The normalized spacial score (nSPS) is 10.0. The van der Waals surface area contributed by atoms with Crippen molar-refractivity contribution in [3.63, 3.8) is 0 Å². The van der Waals surface area contributed by atoms with Crippen molar-refractivity contribution in [2.75, 3.05) is 121 Å². The number of benzene rings is 6. The van der Waals surface area contributed by atoms with Gasteiger partial charge in [0, 0.05) is 129 Å². The van der Waals surface area contributed by atoms with Crippen molar-refractivity contribution >= 4 is 69.1 Å². The Kier molecular flexibility index (Phi) is 27.6. The Hall–Kier alpha value is -7.23. The molecule has 0 amide bonds. The molecule has 0 radical (unpaired) electrons. The topological polar surface area (TPSA) is 86.6 Å². The van der Waals surface area contributed by atoms with Crippen molar-refractivity contribution in [1.82, 2.24) is 0 Å². The Morgan fingerprint density at radius 3 is 1.11 bits per heavy atom. The van der Waals surface area contributed by atoms with Crippen LogP contribution in [0, 0.1) is 40.4 Å². The maximum Gasteiger partial charge on any atom is 0.416 e. The molecule has 0 bridgehead atoms. The average molecular weight is 1090 g/mol. The fourth-order valence-electron chi connectivity index (χ4n) is 5.67. The van der Waals surface area contributed by atoms with Crippen molar-refractivity contribution in [2.45, 2.75) is 20.0 Å². The third-order valence-corrected chi connectivity index (χ3v) is 10.3. The number of hydrogen-bond donors (Lipinski definition) is 0. The van der Waals surface area contributed by atoms with E-state index in [-0.39, 0.29) is 11.8 Å². The number of hydrogen-bond acceptors (Lipinski definition) is 10. The van der Waals surface area contributed by atoms with Gasteiger partial charge in [0.05, 0.1) is 29.4 Å². The highest BCUT2D eigenvalue weighted by atomic mass is 35.5. The SMILES string of the molecule is CC(=O)c1ccc(N(C)C)cc1.CCOC(=O)c1ccc(N(C)C)cc1.CN(C)c1c(F)c(F)c(F)c(F)c1F.CN(C)c1cc(Cl)cc(Cl)c1.CN(C)c1ccc(C#N)cc1.CN(C)c1ccc(C(F)(F)F)cc1. The lowest BCUT2D eigenvalue weighted by molar-refractivity contribution is -0.137. The van der Waals surface area contributed by atoms with Gasteiger partial charge in [0.15, 0.2) is 29.1 Å². The third-order valence-electron chi connectivity index (χ3n) is 9.91. The molecule has 6 aromatic rings. The van der Waals surface area contributed by atoms with Gasteiger partial charge in [-0.15, -0.1) is 0 Å². The van der Waals surface area contributed by atoms with Gasteiger partial charge in [0.2, 0.25) is 5.82 Å². The maximum absolute atomic E-state index is 12.9. The van der Waals surface area contributed by atoms with Gasteiger partial charge in [-0.1, -0.05) is 23.2 Å². The Morgan fingerprint density at radius 1 is 0.493 bits per heavy atom. The summed E-state index contributed by atoms with van der Waals surface area (Å²) in [7, 11) is 21.6. The molecule has 406 valence electrons. The number of esters is 1. The Bertz CT molecular complexity index is 2700. The van der Waals surface area contributed by atoms with Gasteiger partial charge in [-0.3, -0.25) is 4.79 Å².